The van der Waals surface area contributed by atoms with Gasteiger partial charge in [-0.1, -0.05) is 44.3 Å². The lowest BCUT2D eigenvalue weighted by molar-refractivity contribution is -0.138. The summed E-state index contributed by atoms with van der Waals surface area (Å²) in [7, 11) is 0. The SMILES string of the molecule is O=C(O)CCCCCC/C=C/CCCCCCCC(=O)O. The Morgan fingerprint density at radius 2 is 0.905 bits per heavy atom. The molecule has 0 saturated heterocycles. The number of rotatable bonds is 15. The summed E-state index contributed by atoms with van der Waals surface area (Å²) in [6.45, 7) is 0. The van der Waals surface area contributed by atoms with Gasteiger partial charge in [0.2, 0.25) is 0 Å². The van der Waals surface area contributed by atoms with Crippen molar-refractivity contribution in [3.05, 3.63) is 12.2 Å². The van der Waals surface area contributed by atoms with E-state index in [0.717, 1.165) is 57.8 Å². The average Bonchev–Trinajstić information content (AvgIpc) is 2.42. The van der Waals surface area contributed by atoms with Crippen molar-refractivity contribution in [2.24, 2.45) is 0 Å². The van der Waals surface area contributed by atoms with E-state index in [1.54, 1.807) is 0 Å². The lowest BCUT2D eigenvalue weighted by Crippen LogP contribution is -1.93. The topological polar surface area (TPSA) is 74.6 Å². The van der Waals surface area contributed by atoms with Crippen molar-refractivity contribution < 1.29 is 19.8 Å². The molecule has 0 bridgehead atoms. The third-order valence-electron chi connectivity index (χ3n) is 3.44. The van der Waals surface area contributed by atoms with Gasteiger partial charge in [-0.05, 0) is 38.5 Å². The standard InChI is InChI=1S/C17H30O4/c18-16(19)14-12-10-8-6-4-2-1-3-5-7-9-11-13-15-17(20)21/h1-2H,3-15H2,(H,18,19)(H,20,21)/b2-1+. The van der Waals surface area contributed by atoms with Crippen LogP contribution in [0.2, 0.25) is 0 Å². The van der Waals surface area contributed by atoms with Gasteiger partial charge in [-0.2, -0.15) is 0 Å². The second kappa shape index (κ2) is 15.1. The average molecular weight is 298 g/mol. The molecule has 0 saturated carbocycles. The Kier molecular flexibility index (Phi) is 14.1. The summed E-state index contributed by atoms with van der Waals surface area (Å²) >= 11 is 0. The van der Waals surface area contributed by atoms with E-state index in [0.29, 0.717) is 12.8 Å². The minimum Gasteiger partial charge on any atom is -0.481 e. The molecule has 0 heterocycles. The van der Waals surface area contributed by atoms with Gasteiger partial charge in [0.05, 0.1) is 0 Å². The van der Waals surface area contributed by atoms with Gasteiger partial charge in [0.25, 0.3) is 0 Å². The Hall–Kier alpha value is -1.32. The van der Waals surface area contributed by atoms with Crippen molar-refractivity contribution in [3.8, 4) is 0 Å². The first kappa shape index (κ1) is 19.7. The predicted octanol–water partition coefficient (Wildman–Crippen LogP) is 4.78. The van der Waals surface area contributed by atoms with Gasteiger partial charge in [-0.25, -0.2) is 0 Å². The van der Waals surface area contributed by atoms with Gasteiger partial charge in [-0.3, -0.25) is 9.59 Å². The van der Waals surface area contributed by atoms with Gasteiger partial charge in [0.15, 0.2) is 0 Å². The highest BCUT2D eigenvalue weighted by Gasteiger charge is 1.96. The molecular formula is C17H30O4. The predicted molar refractivity (Wildman–Crippen MR) is 84.4 cm³/mol. The van der Waals surface area contributed by atoms with Crippen LogP contribution in [-0.4, -0.2) is 22.2 Å². The smallest absolute Gasteiger partial charge is 0.303 e. The molecule has 122 valence electrons. The van der Waals surface area contributed by atoms with Crippen LogP contribution >= 0.6 is 0 Å². The molecule has 0 aromatic heterocycles. The number of unbranched alkanes of at least 4 members (excludes halogenated alkanes) is 9. The summed E-state index contributed by atoms with van der Waals surface area (Å²) in [5.74, 6) is -1.39. The maximum absolute atomic E-state index is 10.3. The highest BCUT2D eigenvalue weighted by atomic mass is 16.4. The van der Waals surface area contributed by atoms with E-state index in [9.17, 15) is 9.59 Å². The van der Waals surface area contributed by atoms with E-state index >= 15 is 0 Å². The van der Waals surface area contributed by atoms with Crippen LogP contribution < -0.4 is 0 Å². The van der Waals surface area contributed by atoms with Crippen molar-refractivity contribution in [1.29, 1.82) is 0 Å². The van der Waals surface area contributed by atoms with E-state index in [1.165, 1.54) is 12.8 Å². The molecule has 0 aromatic rings. The Balaban J connectivity index is 3.12. The maximum Gasteiger partial charge on any atom is 0.303 e. The van der Waals surface area contributed by atoms with Crippen molar-refractivity contribution in [1.82, 2.24) is 0 Å². The van der Waals surface area contributed by atoms with Crippen molar-refractivity contribution in [3.63, 3.8) is 0 Å². The summed E-state index contributed by atoms with van der Waals surface area (Å²) in [6, 6.07) is 0. The first-order valence-corrected chi connectivity index (χ1v) is 8.21. The third-order valence-corrected chi connectivity index (χ3v) is 3.44. The van der Waals surface area contributed by atoms with Gasteiger partial charge in [0.1, 0.15) is 0 Å². The van der Waals surface area contributed by atoms with E-state index in [2.05, 4.69) is 12.2 Å². The van der Waals surface area contributed by atoms with Gasteiger partial charge in [0, 0.05) is 12.8 Å². The van der Waals surface area contributed by atoms with Crippen LogP contribution in [-0.2, 0) is 9.59 Å². The first-order chi connectivity index (χ1) is 10.1. The summed E-state index contributed by atoms with van der Waals surface area (Å²) < 4.78 is 0. The normalized spacial score (nSPS) is 11.0. The van der Waals surface area contributed by atoms with Crippen LogP contribution in [0.15, 0.2) is 12.2 Å². The van der Waals surface area contributed by atoms with Gasteiger partial charge in [-0.15, -0.1) is 0 Å². The zero-order valence-corrected chi connectivity index (χ0v) is 13.1. The van der Waals surface area contributed by atoms with Crippen molar-refractivity contribution in [2.75, 3.05) is 0 Å². The molecule has 0 rings (SSSR count). The molecular weight excluding hydrogens is 268 g/mol. The molecule has 0 atom stereocenters. The monoisotopic (exact) mass is 298 g/mol. The van der Waals surface area contributed by atoms with E-state index < -0.39 is 11.9 Å². The van der Waals surface area contributed by atoms with Crippen LogP contribution in [0.5, 0.6) is 0 Å². The summed E-state index contributed by atoms with van der Waals surface area (Å²) in [5.41, 5.74) is 0. The Morgan fingerprint density at radius 1 is 0.571 bits per heavy atom. The molecule has 0 spiro atoms. The first-order valence-electron chi connectivity index (χ1n) is 8.21. The second-order valence-corrected chi connectivity index (χ2v) is 5.52. The summed E-state index contributed by atoms with van der Waals surface area (Å²) in [5, 5.41) is 17.0. The number of carboxylic acid groups (broad SMARTS) is 2. The van der Waals surface area contributed by atoms with Crippen molar-refractivity contribution >= 4 is 11.9 Å². The molecule has 0 aromatic carbocycles. The number of hydrogen-bond acceptors (Lipinski definition) is 2. The molecule has 4 heteroatoms. The van der Waals surface area contributed by atoms with Crippen molar-refractivity contribution in [2.45, 2.75) is 83.5 Å². The minimum atomic E-state index is -0.696. The van der Waals surface area contributed by atoms with Crippen LogP contribution in [0.1, 0.15) is 83.5 Å². The highest BCUT2D eigenvalue weighted by molar-refractivity contribution is 5.66. The summed E-state index contributed by atoms with van der Waals surface area (Å²) in [6.07, 6.45) is 16.6. The Labute approximate surface area is 128 Å². The third kappa shape index (κ3) is 18.7. The lowest BCUT2D eigenvalue weighted by Gasteiger charge is -1.99. The Morgan fingerprint density at radius 3 is 1.29 bits per heavy atom. The number of allylic oxidation sites excluding steroid dienone is 2. The molecule has 0 amide bonds. The van der Waals surface area contributed by atoms with E-state index in [1.807, 2.05) is 0 Å². The number of hydrogen-bond donors (Lipinski definition) is 2. The largest absolute Gasteiger partial charge is 0.481 e. The molecule has 0 aliphatic carbocycles. The Bertz CT molecular complexity index is 297. The fraction of sp³-hybridized carbons (Fsp3) is 0.765. The van der Waals surface area contributed by atoms with Crippen LogP contribution in [0.3, 0.4) is 0 Å². The highest BCUT2D eigenvalue weighted by Crippen LogP contribution is 2.09. The molecule has 0 radical (unpaired) electrons. The summed E-state index contributed by atoms with van der Waals surface area (Å²) in [4.78, 5) is 20.6. The fourth-order valence-corrected chi connectivity index (χ4v) is 2.20. The van der Waals surface area contributed by atoms with Crippen LogP contribution in [0, 0.1) is 0 Å². The maximum atomic E-state index is 10.3. The lowest BCUT2D eigenvalue weighted by atomic mass is 10.1. The molecule has 0 aliphatic heterocycles. The molecule has 2 N–H and O–H groups in total. The van der Waals surface area contributed by atoms with E-state index in [-0.39, 0.29) is 0 Å². The van der Waals surface area contributed by atoms with Crippen LogP contribution in [0.25, 0.3) is 0 Å². The zero-order valence-electron chi connectivity index (χ0n) is 13.1. The van der Waals surface area contributed by atoms with Gasteiger partial charge >= 0.3 is 11.9 Å². The second-order valence-electron chi connectivity index (χ2n) is 5.52. The quantitative estimate of drug-likeness (QED) is 0.337. The number of carbonyl (C=O) groups is 2. The molecule has 0 fully saturated rings. The number of aliphatic carboxylic acids is 2. The molecule has 0 unspecified atom stereocenters. The minimum absolute atomic E-state index is 0.294. The van der Waals surface area contributed by atoms with Crippen LogP contribution in [0.4, 0.5) is 0 Å². The molecule has 0 aliphatic rings. The molecule has 21 heavy (non-hydrogen) atoms. The number of carboxylic acids is 2. The van der Waals surface area contributed by atoms with E-state index in [4.69, 9.17) is 10.2 Å². The van der Waals surface area contributed by atoms with Gasteiger partial charge < -0.3 is 10.2 Å². The zero-order chi connectivity index (χ0) is 15.8. The molecule has 4 nitrogen and oxygen atoms in total. The fourth-order valence-electron chi connectivity index (χ4n) is 2.20.